The van der Waals surface area contributed by atoms with E-state index in [1.54, 1.807) is 25.1 Å². The normalized spacial score (nSPS) is 20.8. The number of anilines is 1. The van der Waals surface area contributed by atoms with Crippen LogP contribution in [0.2, 0.25) is 0 Å². The average Bonchev–Trinajstić information content (AvgIpc) is 2.82. The highest BCUT2D eigenvalue weighted by Gasteiger charge is 2.33. The summed E-state index contributed by atoms with van der Waals surface area (Å²) in [5.41, 5.74) is 6.87. The van der Waals surface area contributed by atoms with Crippen LogP contribution in [-0.2, 0) is 10.0 Å². The van der Waals surface area contributed by atoms with Crippen molar-refractivity contribution in [3.8, 4) is 0 Å². The Morgan fingerprint density at radius 2 is 2.21 bits per heavy atom. The van der Waals surface area contributed by atoms with E-state index >= 15 is 0 Å². The summed E-state index contributed by atoms with van der Waals surface area (Å²) in [7, 11) is -3.47. The Kier molecular flexibility index (Phi) is 4.13. The molecule has 0 bridgehead atoms. The Labute approximate surface area is 114 Å². The van der Waals surface area contributed by atoms with Crippen LogP contribution in [-0.4, -0.2) is 37.5 Å². The molecule has 1 aliphatic rings. The van der Waals surface area contributed by atoms with Crippen molar-refractivity contribution in [1.29, 1.82) is 0 Å². The molecule has 2 rings (SSSR count). The van der Waals surface area contributed by atoms with Gasteiger partial charge in [-0.1, -0.05) is 6.07 Å². The highest BCUT2D eigenvalue weighted by Crippen LogP contribution is 2.29. The Morgan fingerprint density at radius 1 is 1.47 bits per heavy atom. The van der Waals surface area contributed by atoms with Gasteiger partial charge in [-0.05, 0) is 43.4 Å². The maximum Gasteiger partial charge on any atom is 0.243 e. The molecule has 0 spiro atoms. The van der Waals surface area contributed by atoms with Crippen LogP contribution in [0.1, 0.15) is 18.4 Å². The molecule has 1 aliphatic heterocycles. The van der Waals surface area contributed by atoms with Gasteiger partial charge in [0.05, 0.1) is 4.90 Å². The minimum Gasteiger partial charge on any atom is -0.398 e. The molecule has 19 heavy (non-hydrogen) atoms. The van der Waals surface area contributed by atoms with Gasteiger partial charge >= 0.3 is 0 Å². The number of aliphatic hydroxyl groups excluding tert-OH is 1. The topological polar surface area (TPSA) is 83.6 Å². The molecule has 0 aliphatic carbocycles. The van der Waals surface area contributed by atoms with Crippen molar-refractivity contribution in [2.45, 2.75) is 24.7 Å². The van der Waals surface area contributed by atoms with Gasteiger partial charge in [-0.25, -0.2) is 8.42 Å². The smallest absolute Gasteiger partial charge is 0.243 e. The fourth-order valence-electron chi connectivity index (χ4n) is 2.48. The molecule has 1 heterocycles. The monoisotopic (exact) mass is 284 g/mol. The van der Waals surface area contributed by atoms with Crippen molar-refractivity contribution in [2.75, 3.05) is 25.4 Å². The summed E-state index contributed by atoms with van der Waals surface area (Å²) in [5, 5.41) is 8.93. The molecule has 1 aromatic rings. The van der Waals surface area contributed by atoms with E-state index in [0.717, 1.165) is 6.42 Å². The second-order valence-electron chi connectivity index (χ2n) is 5.00. The summed E-state index contributed by atoms with van der Waals surface area (Å²) in [5.74, 6) is 0.251. The molecule has 5 nitrogen and oxygen atoms in total. The fourth-order valence-corrected chi connectivity index (χ4v) is 4.27. The van der Waals surface area contributed by atoms with Crippen LogP contribution >= 0.6 is 0 Å². The highest BCUT2D eigenvalue weighted by molar-refractivity contribution is 7.89. The Balaban J connectivity index is 2.26. The zero-order valence-electron chi connectivity index (χ0n) is 11.0. The first-order valence-electron chi connectivity index (χ1n) is 6.43. The van der Waals surface area contributed by atoms with Crippen LogP contribution in [0, 0.1) is 12.8 Å². The minimum absolute atomic E-state index is 0.107. The first kappa shape index (κ1) is 14.3. The van der Waals surface area contributed by atoms with Crippen LogP contribution in [0.15, 0.2) is 23.1 Å². The van der Waals surface area contributed by atoms with E-state index in [-0.39, 0.29) is 17.4 Å². The van der Waals surface area contributed by atoms with Gasteiger partial charge in [0, 0.05) is 25.4 Å². The van der Waals surface area contributed by atoms with Gasteiger partial charge in [0.15, 0.2) is 0 Å². The summed E-state index contributed by atoms with van der Waals surface area (Å²) < 4.78 is 26.6. The molecule has 1 saturated heterocycles. The largest absolute Gasteiger partial charge is 0.398 e. The lowest BCUT2D eigenvalue weighted by molar-refractivity contribution is 0.259. The van der Waals surface area contributed by atoms with Crippen LogP contribution < -0.4 is 5.73 Å². The van der Waals surface area contributed by atoms with Crippen LogP contribution in [0.3, 0.4) is 0 Å². The number of benzene rings is 1. The predicted octanol–water partition coefficient (Wildman–Crippen LogP) is 0.970. The summed E-state index contributed by atoms with van der Waals surface area (Å²) in [6, 6.07) is 4.96. The third kappa shape index (κ3) is 2.75. The molecule has 1 unspecified atom stereocenters. The van der Waals surface area contributed by atoms with E-state index in [0.29, 0.717) is 30.8 Å². The predicted molar refractivity (Wildman–Crippen MR) is 74.2 cm³/mol. The lowest BCUT2D eigenvalue weighted by atomic mass is 10.1. The van der Waals surface area contributed by atoms with E-state index in [2.05, 4.69) is 0 Å². The summed E-state index contributed by atoms with van der Waals surface area (Å²) >= 11 is 0. The Morgan fingerprint density at radius 3 is 2.89 bits per heavy atom. The highest BCUT2D eigenvalue weighted by atomic mass is 32.2. The minimum atomic E-state index is -3.47. The number of rotatable bonds is 4. The van der Waals surface area contributed by atoms with Gasteiger partial charge in [-0.15, -0.1) is 0 Å². The molecule has 6 heteroatoms. The zero-order valence-corrected chi connectivity index (χ0v) is 11.9. The number of hydrogen-bond acceptors (Lipinski definition) is 4. The van der Waals surface area contributed by atoms with Crippen molar-refractivity contribution >= 4 is 15.7 Å². The molecular formula is C13H20N2O3S. The summed E-state index contributed by atoms with van der Waals surface area (Å²) in [4.78, 5) is 0.289. The fraction of sp³-hybridized carbons (Fsp3) is 0.538. The molecule has 0 amide bonds. The van der Waals surface area contributed by atoms with Crippen LogP contribution in [0.25, 0.3) is 0 Å². The van der Waals surface area contributed by atoms with Crippen molar-refractivity contribution < 1.29 is 13.5 Å². The van der Waals surface area contributed by atoms with Crippen LogP contribution in [0.4, 0.5) is 5.69 Å². The third-order valence-corrected chi connectivity index (χ3v) is 5.74. The zero-order chi connectivity index (χ0) is 14.0. The van der Waals surface area contributed by atoms with Gasteiger partial charge in [0.25, 0.3) is 0 Å². The van der Waals surface area contributed by atoms with Gasteiger partial charge in [-0.2, -0.15) is 4.31 Å². The van der Waals surface area contributed by atoms with E-state index in [4.69, 9.17) is 10.8 Å². The van der Waals surface area contributed by atoms with Gasteiger partial charge in [0.2, 0.25) is 10.0 Å². The number of hydrogen-bond donors (Lipinski definition) is 2. The molecule has 106 valence electrons. The first-order valence-corrected chi connectivity index (χ1v) is 7.87. The van der Waals surface area contributed by atoms with E-state index in [1.807, 2.05) is 0 Å². The maximum atomic E-state index is 12.6. The molecule has 3 N–H and O–H groups in total. The molecule has 0 radical (unpaired) electrons. The molecular weight excluding hydrogens is 264 g/mol. The maximum absolute atomic E-state index is 12.6. The van der Waals surface area contributed by atoms with Gasteiger partial charge in [0.1, 0.15) is 0 Å². The quantitative estimate of drug-likeness (QED) is 0.807. The van der Waals surface area contributed by atoms with Crippen molar-refractivity contribution in [2.24, 2.45) is 5.92 Å². The molecule has 1 fully saturated rings. The van der Waals surface area contributed by atoms with E-state index in [1.165, 1.54) is 4.31 Å². The molecule has 0 aromatic heterocycles. The third-order valence-electron chi connectivity index (χ3n) is 3.73. The summed E-state index contributed by atoms with van der Waals surface area (Å²) in [6.45, 7) is 2.83. The van der Waals surface area contributed by atoms with E-state index < -0.39 is 10.0 Å². The van der Waals surface area contributed by atoms with Crippen molar-refractivity contribution in [1.82, 2.24) is 4.31 Å². The molecule has 0 saturated carbocycles. The van der Waals surface area contributed by atoms with Gasteiger partial charge in [-0.3, -0.25) is 0 Å². The van der Waals surface area contributed by atoms with Crippen LogP contribution in [0.5, 0.6) is 0 Å². The Bertz CT molecular complexity index is 557. The number of sulfonamides is 1. The number of nitrogens with two attached hydrogens (primary N) is 1. The van der Waals surface area contributed by atoms with Crippen molar-refractivity contribution in [3.05, 3.63) is 23.8 Å². The summed E-state index contributed by atoms with van der Waals surface area (Å²) in [6.07, 6.45) is 1.46. The lowest BCUT2D eigenvalue weighted by Crippen LogP contribution is -2.29. The molecule has 1 aromatic carbocycles. The first-order chi connectivity index (χ1) is 8.96. The average molecular weight is 284 g/mol. The SMILES string of the molecule is Cc1c(N)cccc1S(=O)(=O)N1CCC(CCO)C1. The van der Waals surface area contributed by atoms with Gasteiger partial charge < -0.3 is 10.8 Å². The standard InChI is InChI=1S/C13H20N2O3S/c1-10-12(14)3-2-4-13(10)19(17,18)15-7-5-11(9-15)6-8-16/h2-4,11,16H,5-9,14H2,1H3. The lowest BCUT2D eigenvalue weighted by Gasteiger charge is -2.18. The Hall–Kier alpha value is -1.11. The van der Waals surface area contributed by atoms with E-state index in [9.17, 15) is 8.42 Å². The van der Waals surface area contributed by atoms with Crippen molar-refractivity contribution in [3.63, 3.8) is 0 Å². The second-order valence-corrected chi connectivity index (χ2v) is 6.91. The molecule has 1 atom stereocenters. The second kappa shape index (κ2) is 5.48. The number of nitrogen functional groups attached to an aromatic ring is 1. The number of nitrogens with zero attached hydrogens (tertiary/aromatic N) is 1. The number of aliphatic hydroxyl groups is 1.